The molecule has 3 rings (SSSR count). The number of nitrogens with zero attached hydrogens (tertiary/aromatic N) is 1. The third-order valence-electron chi connectivity index (χ3n) is 3.57. The molecule has 2 amide bonds. The van der Waals surface area contributed by atoms with Gasteiger partial charge in [-0.15, -0.1) is 0 Å². The predicted molar refractivity (Wildman–Crippen MR) is 105 cm³/mol. The smallest absolute Gasteiger partial charge is 0.268 e. The molecule has 0 aliphatic carbocycles. The highest BCUT2D eigenvalue weighted by atomic mass is 35.5. The Morgan fingerprint density at radius 1 is 1.00 bits per heavy atom. The summed E-state index contributed by atoms with van der Waals surface area (Å²) < 4.78 is 0. The van der Waals surface area contributed by atoms with E-state index in [0.29, 0.717) is 4.91 Å². The molecule has 6 heteroatoms. The lowest BCUT2D eigenvalue weighted by molar-refractivity contribution is -0.123. The third-order valence-corrected chi connectivity index (χ3v) is 5.72. The second kappa shape index (κ2) is 7.68. The van der Waals surface area contributed by atoms with E-state index < -0.39 is 0 Å². The average Bonchev–Trinajstić information content (AvgIpc) is 2.85. The van der Waals surface area contributed by atoms with Crippen LogP contribution in [0.25, 0.3) is 6.08 Å². The summed E-state index contributed by atoms with van der Waals surface area (Å²) in [6.07, 6.45) is 1.77. The number of thioether (sulfide) groups is 1. The number of carbonyl (C=O) groups excluding carboxylic acids is 2. The molecule has 0 spiro atoms. The normalized spacial score (nSPS) is 16.3. The van der Waals surface area contributed by atoms with Gasteiger partial charge in [0.15, 0.2) is 0 Å². The molecule has 0 radical (unpaired) electrons. The maximum atomic E-state index is 12.3. The molecule has 2 aromatic carbocycles. The molecule has 2 aromatic rings. The highest BCUT2D eigenvalue weighted by Gasteiger charge is 2.36. The number of rotatable bonds is 4. The quantitative estimate of drug-likeness (QED) is 0.607. The van der Waals surface area contributed by atoms with E-state index >= 15 is 0 Å². The minimum absolute atomic E-state index is 0.128. The van der Waals surface area contributed by atoms with E-state index in [4.69, 9.17) is 11.6 Å². The minimum atomic E-state index is -0.218. The Kier molecular flexibility index (Phi) is 5.57. The van der Waals surface area contributed by atoms with Crippen LogP contribution in [0, 0.1) is 0 Å². The zero-order chi connectivity index (χ0) is 18.0. The SMILES string of the molecule is CC(C)N1C(=O)S/C(=C\c2ccc(Sc3ccc(Cl)cc3)cc2)C1=O. The molecule has 0 bridgehead atoms. The molecule has 25 heavy (non-hydrogen) atoms. The summed E-state index contributed by atoms with van der Waals surface area (Å²) in [4.78, 5) is 28.2. The number of halogens is 1. The van der Waals surface area contributed by atoms with Crippen molar-refractivity contribution < 1.29 is 9.59 Å². The van der Waals surface area contributed by atoms with Gasteiger partial charge in [-0.25, -0.2) is 0 Å². The second-order valence-corrected chi connectivity index (χ2v) is 8.35. The molecule has 1 saturated heterocycles. The van der Waals surface area contributed by atoms with Crippen LogP contribution >= 0.6 is 35.1 Å². The first-order valence-corrected chi connectivity index (χ1v) is 9.75. The van der Waals surface area contributed by atoms with Crippen molar-refractivity contribution in [3.8, 4) is 0 Å². The van der Waals surface area contributed by atoms with Gasteiger partial charge >= 0.3 is 0 Å². The molecular formula is C19H16ClNO2S2. The number of hydrogen-bond donors (Lipinski definition) is 0. The van der Waals surface area contributed by atoms with Crippen molar-refractivity contribution >= 4 is 52.3 Å². The number of carbonyl (C=O) groups is 2. The van der Waals surface area contributed by atoms with E-state index in [9.17, 15) is 9.59 Å². The Morgan fingerprint density at radius 2 is 1.56 bits per heavy atom. The Labute approximate surface area is 160 Å². The molecule has 128 valence electrons. The van der Waals surface area contributed by atoms with Crippen molar-refractivity contribution in [2.24, 2.45) is 0 Å². The van der Waals surface area contributed by atoms with Crippen molar-refractivity contribution in [1.29, 1.82) is 0 Å². The van der Waals surface area contributed by atoms with Crippen LogP contribution in [0.2, 0.25) is 5.02 Å². The van der Waals surface area contributed by atoms with Crippen molar-refractivity contribution in [2.45, 2.75) is 29.7 Å². The molecule has 1 heterocycles. The van der Waals surface area contributed by atoms with E-state index in [1.54, 1.807) is 17.8 Å². The average molecular weight is 390 g/mol. The molecule has 0 saturated carbocycles. The highest BCUT2D eigenvalue weighted by Crippen LogP contribution is 2.34. The van der Waals surface area contributed by atoms with Gasteiger partial charge in [0.25, 0.3) is 11.1 Å². The zero-order valence-corrected chi connectivity index (χ0v) is 16.1. The highest BCUT2D eigenvalue weighted by molar-refractivity contribution is 8.18. The largest absolute Gasteiger partial charge is 0.293 e. The Hall–Kier alpha value is -1.69. The van der Waals surface area contributed by atoms with E-state index in [1.165, 1.54) is 4.90 Å². The van der Waals surface area contributed by atoms with Gasteiger partial charge in [0.1, 0.15) is 0 Å². The molecule has 3 nitrogen and oxygen atoms in total. The summed E-state index contributed by atoms with van der Waals surface area (Å²) in [7, 11) is 0. The standard InChI is InChI=1S/C19H16ClNO2S2/c1-12(2)21-18(22)17(25-19(21)23)11-13-3-7-15(8-4-13)24-16-9-5-14(20)6-10-16/h3-12H,1-2H3/b17-11-. The number of amides is 2. The summed E-state index contributed by atoms with van der Waals surface area (Å²) in [5.74, 6) is -0.218. The first kappa shape index (κ1) is 18.1. The fourth-order valence-electron chi connectivity index (χ4n) is 2.35. The summed E-state index contributed by atoms with van der Waals surface area (Å²) in [6.45, 7) is 3.67. The number of imide groups is 1. The monoisotopic (exact) mass is 389 g/mol. The first-order valence-electron chi connectivity index (χ1n) is 7.74. The summed E-state index contributed by atoms with van der Waals surface area (Å²) >= 11 is 8.53. The second-order valence-electron chi connectivity index (χ2n) is 5.77. The summed E-state index contributed by atoms with van der Waals surface area (Å²) in [5.41, 5.74) is 0.898. The number of hydrogen-bond acceptors (Lipinski definition) is 4. The van der Waals surface area contributed by atoms with Gasteiger partial charge in [0, 0.05) is 20.9 Å². The fraction of sp³-hybridized carbons (Fsp3) is 0.158. The fourth-order valence-corrected chi connectivity index (χ4v) is 4.25. The summed E-state index contributed by atoms with van der Waals surface area (Å²) in [6, 6.07) is 15.4. The van der Waals surface area contributed by atoms with Crippen LogP contribution in [-0.2, 0) is 4.79 Å². The maximum absolute atomic E-state index is 12.3. The molecule has 0 atom stereocenters. The van der Waals surface area contributed by atoms with Crippen LogP contribution < -0.4 is 0 Å². The van der Waals surface area contributed by atoms with Crippen LogP contribution in [0.5, 0.6) is 0 Å². The van der Waals surface area contributed by atoms with Crippen molar-refractivity contribution in [2.75, 3.05) is 0 Å². The predicted octanol–water partition coefficient (Wildman–Crippen LogP) is 5.94. The van der Waals surface area contributed by atoms with Crippen LogP contribution in [0.1, 0.15) is 19.4 Å². The lowest BCUT2D eigenvalue weighted by atomic mass is 10.2. The molecule has 1 fully saturated rings. The first-order chi connectivity index (χ1) is 11.9. The topological polar surface area (TPSA) is 37.4 Å². The summed E-state index contributed by atoms with van der Waals surface area (Å²) in [5, 5.41) is 0.510. The lowest BCUT2D eigenvalue weighted by Gasteiger charge is -2.16. The molecular weight excluding hydrogens is 374 g/mol. The minimum Gasteiger partial charge on any atom is -0.268 e. The molecule has 0 N–H and O–H groups in total. The van der Waals surface area contributed by atoms with E-state index in [-0.39, 0.29) is 17.2 Å². The maximum Gasteiger partial charge on any atom is 0.293 e. The lowest BCUT2D eigenvalue weighted by Crippen LogP contribution is -2.34. The molecule has 1 aliphatic heterocycles. The van der Waals surface area contributed by atoms with Crippen molar-refractivity contribution in [3.63, 3.8) is 0 Å². The Morgan fingerprint density at radius 3 is 2.08 bits per heavy atom. The van der Waals surface area contributed by atoms with Crippen LogP contribution in [0.15, 0.2) is 63.2 Å². The van der Waals surface area contributed by atoms with Gasteiger partial charge in [-0.2, -0.15) is 0 Å². The third kappa shape index (κ3) is 4.29. The van der Waals surface area contributed by atoms with Gasteiger partial charge < -0.3 is 0 Å². The van der Waals surface area contributed by atoms with Crippen LogP contribution in [0.3, 0.4) is 0 Å². The zero-order valence-electron chi connectivity index (χ0n) is 13.7. The van der Waals surface area contributed by atoms with Crippen molar-refractivity contribution in [1.82, 2.24) is 4.90 Å². The molecule has 1 aliphatic rings. The molecule has 0 unspecified atom stereocenters. The van der Waals surface area contributed by atoms with E-state index in [0.717, 1.165) is 32.1 Å². The van der Waals surface area contributed by atoms with Gasteiger partial charge in [-0.3, -0.25) is 14.5 Å². The van der Waals surface area contributed by atoms with Gasteiger partial charge in [0.2, 0.25) is 0 Å². The van der Waals surface area contributed by atoms with Gasteiger partial charge in [-0.1, -0.05) is 35.5 Å². The number of benzene rings is 2. The molecule has 0 aromatic heterocycles. The Bertz CT molecular complexity index is 830. The van der Waals surface area contributed by atoms with Gasteiger partial charge in [0.05, 0.1) is 4.91 Å². The van der Waals surface area contributed by atoms with E-state index in [2.05, 4.69) is 0 Å². The van der Waals surface area contributed by atoms with E-state index in [1.807, 2.05) is 62.4 Å². The van der Waals surface area contributed by atoms with Crippen LogP contribution in [-0.4, -0.2) is 22.1 Å². The van der Waals surface area contributed by atoms with Crippen LogP contribution in [0.4, 0.5) is 4.79 Å². The van der Waals surface area contributed by atoms with Crippen molar-refractivity contribution in [3.05, 3.63) is 64.0 Å². The Balaban J connectivity index is 1.73. The van der Waals surface area contributed by atoms with Gasteiger partial charge in [-0.05, 0) is 73.6 Å².